The van der Waals surface area contributed by atoms with Crippen LogP contribution in [0.2, 0.25) is 0 Å². The second-order valence-corrected chi connectivity index (χ2v) is 10.8. The molecule has 3 rings (SSSR count). The molecule has 0 unspecified atom stereocenters. The smallest absolute Gasteiger partial charge is 0.229 e. The number of nitrogens with one attached hydrogen (secondary N) is 1. The highest BCUT2D eigenvalue weighted by atomic mass is 32.2. The minimum absolute atomic E-state index is 0.121. The summed E-state index contributed by atoms with van der Waals surface area (Å²) in [5, 5.41) is 0. The lowest BCUT2D eigenvalue weighted by Crippen LogP contribution is -2.14. The van der Waals surface area contributed by atoms with E-state index in [-0.39, 0.29) is 5.41 Å². The standard InChI is InChI=1S/C26H32N2O4S/c1-26(2,3)23-17-20(22-8-7-15-27-25(22)32-5)16-19(24(23)31-4)12-9-18-10-13-21(14-11-18)28-33(6,29)30/h7-8,10-11,13-17,28H,9,12H2,1-6H3. The third-order valence-corrected chi connectivity index (χ3v) is 6.00. The Kier molecular flexibility index (Phi) is 7.32. The van der Waals surface area contributed by atoms with Crippen LogP contribution in [0.5, 0.6) is 11.6 Å². The summed E-state index contributed by atoms with van der Waals surface area (Å²) in [5.74, 6) is 1.48. The maximum absolute atomic E-state index is 11.4. The van der Waals surface area contributed by atoms with Crippen LogP contribution in [-0.2, 0) is 28.3 Å². The van der Waals surface area contributed by atoms with E-state index in [4.69, 9.17) is 9.47 Å². The lowest BCUT2D eigenvalue weighted by atomic mass is 9.82. The first-order valence-electron chi connectivity index (χ1n) is 10.8. The van der Waals surface area contributed by atoms with Gasteiger partial charge >= 0.3 is 0 Å². The van der Waals surface area contributed by atoms with Crippen molar-refractivity contribution in [2.75, 3.05) is 25.2 Å². The molecule has 0 saturated carbocycles. The number of aromatic nitrogens is 1. The molecule has 2 aromatic carbocycles. The molecule has 0 spiro atoms. The van der Waals surface area contributed by atoms with Gasteiger partial charge in [-0.2, -0.15) is 0 Å². The first-order chi connectivity index (χ1) is 15.5. The first-order valence-corrected chi connectivity index (χ1v) is 12.7. The average molecular weight is 469 g/mol. The van der Waals surface area contributed by atoms with Crippen molar-refractivity contribution in [1.29, 1.82) is 0 Å². The number of methoxy groups -OCH3 is 2. The van der Waals surface area contributed by atoms with E-state index < -0.39 is 10.0 Å². The molecule has 0 atom stereocenters. The Morgan fingerprint density at radius 3 is 2.24 bits per heavy atom. The number of rotatable bonds is 8. The van der Waals surface area contributed by atoms with Crippen molar-refractivity contribution in [1.82, 2.24) is 4.98 Å². The van der Waals surface area contributed by atoms with E-state index in [1.165, 1.54) is 0 Å². The number of anilines is 1. The molecule has 0 aliphatic carbocycles. The zero-order chi connectivity index (χ0) is 24.2. The van der Waals surface area contributed by atoms with Crippen molar-refractivity contribution in [3.63, 3.8) is 0 Å². The van der Waals surface area contributed by atoms with Crippen molar-refractivity contribution >= 4 is 15.7 Å². The van der Waals surface area contributed by atoms with Crippen molar-refractivity contribution in [3.05, 3.63) is 71.4 Å². The van der Waals surface area contributed by atoms with Crippen LogP contribution in [0.3, 0.4) is 0 Å². The number of benzene rings is 2. The monoisotopic (exact) mass is 468 g/mol. The van der Waals surface area contributed by atoms with E-state index in [0.29, 0.717) is 11.6 Å². The minimum Gasteiger partial charge on any atom is -0.496 e. The molecule has 0 bridgehead atoms. The van der Waals surface area contributed by atoms with Crippen LogP contribution in [0.4, 0.5) is 5.69 Å². The molecule has 1 N–H and O–H groups in total. The molecule has 3 aromatic rings. The number of hydrogen-bond acceptors (Lipinski definition) is 5. The molecular weight excluding hydrogens is 436 g/mol. The molecule has 0 radical (unpaired) electrons. The molecule has 0 saturated heterocycles. The van der Waals surface area contributed by atoms with Gasteiger partial charge in [0.1, 0.15) is 5.75 Å². The minimum atomic E-state index is -3.29. The SMILES string of the molecule is COc1ncccc1-c1cc(CCc2ccc(NS(C)(=O)=O)cc2)c(OC)c(C(C)(C)C)c1. The Morgan fingerprint density at radius 1 is 0.970 bits per heavy atom. The Bertz CT molecular complexity index is 1210. The van der Waals surface area contributed by atoms with Crippen molar-refractivity contribution in [2.45, 2.75) is 39.0 Å². The van der Waals surface area contributed by atoms with Gasteiger partial charge in [0, 0.05) is 23.0 Å². The summed E-state index contributed by atoms with van der Waals surface area (Å²) in [4.78, 5) is 4.36. The van der Waals surface area contributed by atoms with Crippen LogP contribution in [0, 0.1) is 0 Å². The molecule has 7 heteroatoms. The summed E-state index contributed by atoms with van der Waals surface area (Å²) in [5.41, 5.74) is 5.74. The second-order valence-electron chi connectivity index (χ2n) is 9.10. The number of aryl methyl sites for hydroxylation is 2. The van der Waals surface area contributed by atoms with E-state index >= 15 is 0 Å². The van der Waals surface area contributed by atoms with Crippen LogP contribution in [0.25, 0.3) is 11.1 Å². The molecule has 1 heterocycles. The third kappa shape index (κ3) is 6.26. The lowest BCUT2D eigenvalue weighted by Gasteiger charge is -2.25. The fourth-order valence-corrected chi connectivity index (χ4v) is 4.40. The van der Waals surface area contributed by atoms with Gasteiger partial charge in [0.15, 0.2) is 0 Å². The predicted octanol–water partition coefficient (Wildman–Crippen LogP) is 5.22. The third-order valence-electron chi connectivity index (χ3n) is 5.39. The van der Waals surface area contributed by atoms with Crippen molar-refractivity contribution < 1.29 is 17.9 Å². The maximum atomic E-state index is 11.4. The molecule has 176 valence electrons. The highest BCUT2D eigenvalue weighted by molar-refractivity contribution is 7.92. The normalized spacial score (nSPS) is 11.8. The highest BCUT2D eigenvalue weighted by Gasteiger charge is 2.23. The van der Waals surface area contributed by atoms with Gasteiger partial charge in [0.25, 0.3) is 0 Å². The summed E-state index contributed by atoms with van der Waals surface area (Å²) in [6, 6.07) is 15.7. The van der Waals surface area contributed by atoms with Gasteiger partial charge in [-0.1, -0.05) is 32.9 Å². The molecule has 33 heavy (non-hydrogen) atoms. The van der Waals surface area contributed by atoms with Gasteiger partial charge < -0.3 is 9.47 Å². The van der Waals surface area contributed by atoms with E-state index in [0.717, 1.165) is 52.7 Å². The maximum Gasteiger partial charge on any atom is 0.229 e. The Labute approximate surface area is 197 Å². The van der Waals surface area contributed by atoms with Crippen molar-refractivity contribution in [2.24, 2.45) is 0 Å². The number of hydrogen-bond donors (Lipinski definition) is 1. The molecular formula is C26H32N2O4S. The number of ether oxygens (including phenoxy) is 2. The molecule has 0 fully saturated rings. The van der Waals surface area contributed by atoms with E-state index in [1.807, 2.05) is 24.3 Å². The largest absolute Gasteiger partial charge is 0.496 e. The summed E-state index contributed by atoms with van der Waals surface area (Å²) in [6.07, 6.45) is 4.41. The Balaban J connectivity index is 1.98. The fraction of sp³-hybridized carbons (Fsp3) is 0.346. The summed E-state index contributed by atoms with van der Waals surface area (Å²) >= 11 is 0. The van der Waals surface area contributed by atoms with Gasteiger partial charge in [0.05, 0.1) is 20.5 Å². The second kappa shape index (κ2) is 9.83. The molecule has 6 nitrogen and oxygen atoms in total. The molecule has 0 aliphatic rings. The topological polar surface area (TPSA) is 77.5 Å². The summed E-state index contributed by atoms with van der Waals surface area (Å²) in [6.45, 7) is 6.52. The van der Waals surface area contributed by atoms with Crippen LogP contribution < -0.4 is 14.2 Å². The predicted molar refractivity (Wildman–Crippen MR) is 134 cm³/mol. The summed E-state index contributed by atoms with van der Waals surface area (Å²) in [7, 11) is 0.0487. The molecule has 0 aliphatic heterocycles. The van der Waals surface area contributed by atoms with Gasteiger partial charge in [0.2, 0.25) is 15.9 Å². The van der Waals surface area contributed by atoms with E-state index in [9.17, 15) is 8.42 Å². The lowest BCUT2D eigenvalue weighted by molar-refractivity contribution is 0.392. The summed E-state index contributed by atoms with van der Waals surface area (Å²) < 4.78 is 36.8. The van der Waals surface area contributed by atoms with E-state index in [2.05, 4.69) is 42.6 Å². The van der Waals surface area contributed by atoms with Gasteiger partial charge in [-0.05, 0) is 71.3 Å². The quantitative estimate of drug-likeness (QED) is 0.490. The average Bonchev–Trinajstić information content (AvgIpc) is 2.76. The highest BCUT2D eigenvalue weighted by Crippen LogP contribution is 2.40. The zero-order valence-corrected chi connectivity index (χ0v) is 20.9. The zero-order valence-electron chi connectivity index (χ0n) is 20.1. The van der Waals surface area contributed by atoms with Gasteiger partial charge in [-0.25, -0.2) is 13.4 Å². The van der Waals surface area contributed by atoms with E-state index in [1.54, 1.807) is 32.5 Å². The Hall–Kier alpha value is -3.06. The van der Waals surface area contributed by atoms with Crippen LogP contribution in [0.1, 0.15) is 37.5 Å². The van der Waals surface area contributed by atoms with Gasteiger partial charge in [-0.3, -0.25) is 4.72 Å². The molecule has 0 amide bonds. The van der Waals surface area contributed by atoms with Crippen molar-refractivity contribution in [3.8, 4) is 22.8 Å². The van der Waals surface area contributed by atoms with Crippen LogP contribution >= 0.6 is 0 Å². The Morgan fingerprint density at radius 2 is 1.67 bits per heavy atom. The van der Waals surface area contributed by atoms with Crippen LogP contribution in [-0.4, -0.2) is 33.9 Å². The van der Waals surface area contributed by atoms with Gasteiger partial charge in [-0.15, -0.1) is 0 Å². The first kappa shape index (κ1) is 24.6. The molecule has 1 aromatic heterocycles. The number of sulfonamides is 1. The number of nitrogens with zero attached hydrogens (tertiary/aromatic N) is 1. The fourth-order valence-electron chi connectivity index (χ4n) is 3.83. The number of pyridine rings is 1. The van der Waals surface area contributed by atoms with Crippen LogP contribution in [0.15, 0.2) is 54.7 Å².